The lowest BCUT2D eigenvalue weighted by atomic mass is 9.85. The fourth-order valence-corrected chi connectivity index (χ4v) is 4.43. The quantitative estimate of drug-likeness (QED) is 0.387. The summed E-state index contributed by atoms with van der Waals surface area (Å²) in [5.74, 6) is -1.84. The molecule has 0 aromatic rings. The predicted molar refractivity (Wildman–Crippen MR) is 105 cm³/mol. The molecule has 1 heterocycles. The molecule has 1 aliphatic rings. The lowest BCUT2D eigenvalue weighted by Crippen LogP contribution is -2.67. The summed E-state index contributed by atoms with van der Waals surface area (Å²) in [5, 5.41) is 0.0187. The van der Waals surface area contributed by atoms with E-state index in [0.29, 0.717) is 6.42 Å². The fourth-order valence-electron chi connectivity index (χ4n) is 3.05. The number of amides is 1. The second-order valence-electron chi connectivity index (χ2n) is 8.47. The van der Waals surface area contributed by atoms with Gasteiger partial charge in [-0.15, -0.1) is 0 Å². The first-order valence-corrected chi connectivity index (χ1v) is 12.5. The molecule has 1 rings (SSSR count). The summed E-state index contributed by atoms with van der Waals surface area (Å²) in [6, 6.07) is 0. The van der Waals surface area contributed by atoms with Gasteiger partial charge in [0.05, 0.1) is 19.3 Å². The maximum absolute atomic E-state index is 12.8. The standard InChI is InChI=1S/C19H35NO6Si/c1-9-24-16(22)19(17(23)25-10-2)12-11-15(13-20(19)14(3)21)26-27(7,8)18(4,5)6/h15H,9-13H2,1-8H3/t15-/m0/s1. The summed E-state index contributed by atoms with van der Waals surface area (Å²) < 4.78 is 16.8. The van der Waals surface area contributed by atoms with Crippen LogP contribution < -0.4 is 0 Å². The number of nitrogens with zero attached hydrogens (tertiary/aromatic N) is 1. The molecule has 0 aromatic carbocycles. The van der Waals surface area contributed by atoms with Crippen LogP contribution >= 0.6 is 0 Å². The minimum Gasteiger partial charge on any atom is -0.464 e. The summed E-state index contributed by atoms with van der Waals surface area (Å²) in [5.41, 5.74) is -1.73. The Bertz CT molecular complexity index is 551. The van der Waals surface area contributed by atoms with E-state index in [9.17, 15) is 14.4 Å². The Balaban J connectivity index is 3.21. The summed E-state index contributed by atoms with van der Waals surface area (Å²) in [4.78, 5) is 39.2. The van der Waals surface area contributed by atoms with Gasteiger partial charge in [-0.05, 0) is 44.8 Å². The highest BCUT2D eigenvalue weighted by Crippen LogP contribution is 2.40. The Morgan fingerprint density at radius 3 is 1.93 bits per heavy atom. The van der Waals surface area contributed by atoms with Gasteiger partial charge in [0.15, 0.2) is 8.32 Å². The van der Waals surface area contributed by atoms with E-state index in [1.54, 1.807) is 13.8 Å². The molecule has 27 heavy (non-hydrogen) atoms. The first-order valence-electron chi connectivity index (χ1n) is 9.64. The number of piperidine rings is 1. The summed E-state index contributed by atoms with van der Waals surface area (Å²) in [6.07, 6.45) is 0.379. The van der Waals surface area contributed by atoms with Gasteiger partial charge in [0.1, 0.15) is 0 Å². The average molecular weight is 402 g/mol. The number of hydrogen-bond donors (Lipinski definition) is 0. The Morgan fingerprint density at radius 1 is 1.07 bits per heavy atom. The van der Waals surface area contributed by atoms with Crippen molar-refractivity contribution in [1.29, 1.82) is 0 Å². The van der Waals surface area contributed by atoms with Crippen LogP contribution in [0.15, 0.2) is 0 Å². The molecular weight excluding hydrogens is 366 g/mol. The van der Waals surface area contributed by atoms with Gasteiger partial charge in [0, 0.05) is 13.5 Å². The predicted octanol–water partition coefficient (Wildman–Crippen LogP) is 2.88. The second kappa shape index (κ2) is 8.73. The molecule has 156 valence electrons. The third-order valence-electron chi connectivity index (χ3n) is 5.55. The number of hydrogen-bond acceptors (Lipinski definition) is 6. The van der Waals surface area contributed by atoms with Gasteiger partial charge in [-0.25, -0.2) is 9.59 Å². The molecule has 8 heteroatoms. The Labute approximate surface area is 163 Å². The maximum Gasteiger partial charge on any atom is 0.343 e. The Morgan fingerprint density at radius 2 is 1.56 bits per heavy atom. The number of carbonyl (C=O) groups is 3. The van der Waals surface area contributed by atoms with Crippen LogP contribution in [0.1, 0.15) is 54.4 Å². The molecule has 0 aliphatic carbocycles. The minimum absolute atomic E-state index is 0.0187. The van der Waals surface area contributed by atoms with Gasteiger partial charge < -0.3 is 18.8 Å². The zero-order valence-corrected chi connectivity index (χ0v) is 19.0. The molecule has 1 aliphatic heterocycles. The van der Waals surface area contributed by atoms with Crippen LogP contribution in [0.3, 0.4) is 0 Å². The van der Waals surface area contributed by atoms with Crippen LogP contribution in [0, 0.1) is 0 Å². The molecule has 1 saturated heterocycles. The summed E-state index contributed by atoms with van der Waals surface area (Å²) in [7, 11) is -2.06. The molecule has 1 atom stereocenters. The first kappa shape index (κ1) is 23.6. The normalized spacial score (nSPS) is 20.1. The van der Waals surface area contributed by atoms with Crippen LogP contribution in [0.2, 0.25) is 18.1 Å². The highest BCUT2D eigenvalue weighted by Gasteiger charge is 2.58. The lowest BCUT2D eigenvalue weighted by Gasteiger charge is -2.47. The van der Waals surface area contributed by atoms with Crippen molar-refractivity contribution in [3.8, 4) is 0 Å². The van der Waals surface area contributed by atoms with Gasteiger partial charge in [-0.1, -0.05) is 20.8 Å². The van der Waals surface area contributed by atoms with Crippen LogP contribution in [0.4, 0.5) is 0 Å². The molecule has 0 saturated carbocycles. The van der Waals surface area contributed by atoms with Crippen LogP contribution in [0.5, 0.6) is 0 Å². The molecule has 1 amide bonds. The van der Waals surface area contributed by atoms with E-state index in [1.807, 2.05) is 0 Å². The summed E-state index contributed by atoms with van der Waals surface area (Å²) in [6.45, 7) is 15.8. The average Bonchev–Trinajstić information content (AvgIpc) is 2.53. The first-order chi connectivity index (χ1) is 12.3. The van der Waals surface area contributed by atoms with Crippen molar-refractivity contribution >= 4 is 26.2 Å². The SMILES string of the molecule is CCOC(=O)C1(C(=O)OCC)CC[C@H](O[Si](C)(C)C(C)(C)C)CN1C(C)=O. The Hall–Kier alpha value is -1.41. The van der Waals surface area contributed by atoms with E-state index in [0.717, 1.165) is 0 Å². The molecule has 0 radical (unpaired) electrons. The molecule has 0 spiro atoms. The molecule has 0 aromatic heterocycles. The van der Waals surface area contributed by atoms with Crippen molar-refractivity contribution in [2.45, 2.75) is 84.2 Å². The minimum atomic E-state index is -2.06. The van der Waals surface area contributed by atoms with Crippen LogP contribution in [-0.4, -0.2) is 62.5 Å². The molecular formula is C19H35NO6Si. The lowest BCUT2D eigenvalue weighted by molar-refractivity contribution is -0.184. The number of ether oxygens (including phenoxy) is 2. The van der Waals surface area contributed by atoms with Crippen molar-refractivity contribution in [3.63, 3.8) is 0 Å². The maximum atomic E-state index is 12.8. The van der Waals surface area contributed by atoms with Crippen molar-refractivity contribution in [3.05, 3.63) is 0 Å². The smallest absolute Gasteiger partial charge is 0.343 e. The molecule has 0 unspecified atom stereocenters. The van der Waals surface area contributed by atoms with Gasteiger partial charge in [-0.2, -0.15) is 0 Å². The number of carbonyl (C=O) groups excluding carboxylic acids is 3. The van der Waals surface area contributed by atoms with E-state index in [4.69, 9.17) is 13.9 Å². The summed E-state index contributed by atoms with van der Waals surface area (Å²) >= 11 is 0. The monoisotopic (exact) mass is 401 g/mol. The van der Waals surface area contributed by atoms with Gasteiger partial charge in [0.25, 0.3) is 0 Å². The highest BCUT2D eigenvalue weighted by molar-refractivity contribution is 6.74. The third kappa shape index (κ3) is 4.90. The van der Waals surface area contributed by atoms with E-state index >= 15 is 0 Å². The zero-order valence-electron chi connectivity index (χ0n) is 18.0. The van der Waals surface area contributed by atoms with Crippen molar-refractivity contribution in [2.24, 2.45) is 0 Å². The second-order valence-corrected chi connectivity index (χ2v) is 13.2. The third-order valence-corrected chi connectivity index (χ3v) is 10.1. The highest BCUT2D eigenvalue weighted by atomic mass is 28.4. The van der Waals surface area contributed by atoms with Gasteiger partial charge in [-0.3, -0.25) is 4.79 Å². The molecule has 1 fully saturated rings. The Kier molecular flexibility index (Phi) is 7.64. The van der Waals surface area contributed by atoms with E-state index < -0.39 is 25.8 Å². The van der Waals surface area contributed by atoms with E-state index in [-0.39, 0.29) is 43.2 Å². The van der Waals surface area contributed by atoms with Gasteiger partial charge in [0.2, 0.25) is 11.4 Å². The van der Waals surface area contributed by atoms with Crippen LogP contribution in [0.25, 0.3) is 0 Å². The van der Waals surface area contributed by atoms with Gasteiger partial charge >= 0.3 is 11.9 Å². The fraction of sp³-hybridized carbons (Fsp3) is 0.842. The number of likely N-dealkylation sites (tertiary alicyclic amines) is 1. The van der Waals surface area contributed by atoms with E-state index in [1.165, 1.54) is 11.8 Å². The molecule has 0 bridgehead atoms. The van der Waals surface area contributed by atoms with Crippen molar-refractivity contribution < 1.29 is 28.3 Å². The molecule has 0 N–H and O–H groups in total. The van der Waals surface area contributed by atoms with Crippen molar-refractivity contribution in [2.75, 3.05) is 19.8 Å². The number of esters is 2. The zero-order chi connectivity index (χ0) is 21.0. The van der Waals surface area contributed by atoms with Crippen molar-refractivity contribution in [1.82, 2.24) is 4.90 Å². The largest absolute Gasteiger partial charge is 0.464 e. The van der Waals surface area contributed by atoms with Crippen LogP contribution in [-0.2, 0) is 28.3 Å². The van der Waals surface area contributed by atoms with E-state index in [2.05, 4.69) is 33.9 Å². The molecule has 7 nitrogen and oxygen atoms in total. The topological polar surface area (TPSA) is 82.1 Å². The number of rotatable bonds is 6.